The van der Waals surface area contributed by atoms with Gasteiger partial charge in [-0.05, 0) is 40.5 Å². The van der Waals surface area contributed by atoms with Crippen molar-refractivity contribution in [3.63, 3.8) is 0 Å². The Bertz CT molecular complexity index is 1070. The molecule has 4 rings (SSSR count). The van der Waals surface area contributed by atoms with Crippen LogP contribution >= 0.6 is 0 Å². The van der Waals surface area contributed by atoms with Crippen LogP contribution in [0.25, 0.3) is 33.4 Å². The molecular formula is C26H22NO. The number of nitrogens with zero attached hydrogens (tertiary/aromatic N) is 1. The van der Waals surface area contributed by atoms with Gasteiger partial charge in [-0.3, -0.25) is 5.11 Å². The van der Waals surface area contributed by atoms with Gasteiger partial charge in [-0.25, -0.2) is 0 Å². The molecule has 4 aromatic rings. The van der Waals surface area contributed by atoms with E-state index in [1.807, 2.05) is 80.8 Å². The SMILES string of the molecule is CN(C)c1ccc(-c2ccc(-c3ccccc3)c([O])c2-c2ccccc2)cc1. The molecule has 0 spiro atoms. The van der Waals surface area contributed by atoms with Crippen molar-refractivity contribution in [2.75, 3.05) is 19.0 Å². The van der Waals surface area contributed by atoms with Gasteiger partial charge in [-0.1, -0.05) is 78.9 Å². The quantitative estimate of drug-likeness (QED) is 0.386. The highest BCUT2D eigenvalue weighted by atomic mass is 16.3. The summed E-state index contributed by atoms with van der Waals surface area (Å²) in [5.74, 6) is 0.0617. The first-order valence-corrected chi connectivity index (χ1v) is 9.38. The van der Waals surface area contributed by atoms with E-state index in [1.54, 1.807) is 0 Å². The molecule has 0 aliphatic rings. The Morgan fingerprint density at radius 2 is 1.04 bits per heavy atom. The highest BCUT2D eigenvalue weighted by Gasteiger charge is 2.18. The van der Waals surface area contributed by atoms with Crippen LogP contribution in [0, 0.1) is 0 Å². The summed E-state index contributed by atoms with van der Waals surface area (Å²) in [6.07, 6.45) is 0. The number of hydrogen-bond acceptors (Lipinski definition) is 1. The molecule has 0 aromatic heterocycles. The van der Waals surface area contributed by atoms with E-state index in [1.165, 1.54) is 0 Å². The Morgan fingerprint density at radius 1 is 0.536 bits per heavy atom. The van der Waals surface area contributed by atoms with E-state index in [9.17, 15) is 5.11 Å². The van der Waals surface area contributed by atoms with E-state index in [-0.39, 0.29) is 5.75 Å². The van der Waals surface area contributed by atoms with Crippen molar-refractivity contribution in [2.24, 2.45) is 0 Å². The lowest BCUT2D eigenvalue weighted by Gasteiger charge is -2.16. The Morgan fingerprint density at radius 3 is 1.61 bits per heavy atom. The lowest BCUT2D eigenvalue weighted by molar-refractivity contribution is 0.358. The van der Waals surface area contributed by atoms with Gasteiger partial charge >= 0.3 is 0 Å². The first-order valence-electron chi connectivity index (χ1n) is 9.38. The largest absolute Gasteiger partial charge is 0.378 e. The normalized spacial score (nSPS) is 10.6. The fourth-order valence-corrected chi connectivity index (χ4v) is 3.50. The highest BCUT2D eigenvalue weighted by molar-refractivity contribution is 5.93. The maximum Gasteiger partial charge on any atom is 0.194 e. The molecule has 0 unspecified atom stereocenters. The molecule has 28 heavy (non-hydrogen) atoms. The van der Waals surface area contributed by atoms with Crippen molar-refractivity contribution in [3.05, 3.63) is 97.1 Å². The van der Waals surface area contributed by atoms with Gasteiger partial charge in [-0.2, -0.15) is 0 Å². The van der Waals surface area contributed by atoms with E-state index >= 15 is 0 Å². The fraction of sp³-hybridized carbons (Fsp3) is 0.0769. The zero-order valence-electron chi connectivity index (χ0n) is 16.1. The molecule has 2 heteroatoms. The predicted molar refractivity (Wildman–Crippen MR) is 117 cm³/mol. The van der Waals surface area contributed by atoms with Crippen LogP contribution in [0.3, 0.4) is 0 Å². The summed E-state index contributed by atoms with van der Waals surface area (Å²) < 4.78 is 0. The summed E-state index contributed by atoms with van der Waals surface area (Å²) in [6.45, 7) is 0. The molecule has 4 aromatic carbocycles. The van der Waals surface area contributed by atoms with E-state index in [0.717, 1.165) is 39.1 Å². The number of anilines is 1. The van der Waals surface area contributed by atoms with Gasteiger partial charge in [0.05, 0.1) is 0 Å². The minimum Gasteiger partial charge on any atom is -0.378 e. The van der Waals surface area contributed by atoms with Gasteiger partial charge in [-0.15, -0.1) is 0 Å². The zero-order chi connectivity index (χ0) is 19.5. The van der Waals surface area contributed by atoms with Gasteiger partial charge in [0, 0.05) is 30.9 Å². The Balaban J connectivity index is 1.93. The molecular weight excluding hydrogens is 342 g/mol. The molecule has 137 valence electrons. The topological polar surface area (TPSA) is 23.1 Å². The van der Waals surface area contributed by atoms with Crippen LogP contribution in [0.4, 0.5) is 5.69 Å². The Kier molecular flexibility index (Phi) is 4.86. The van der Waals surface area contributed by atoms with Gasteiger partial charge in [0.2, 0.25) is 0 Å². The third-order valence-corrected chi connectivity index (χ3v) is 5.00. The number of rotatable bonds is 4. The summed E-state index contributed by atoms with van der Waals surface area (Å²) in [4.78, 5) is 2.07. The van der Waals surface area contributed by atoms with E-state index in [4.69, 9.17) is 0 Å². The standard InChI is InChI=1S/C26H22NO/c1-27(2)22-15-13-20(14-16-22)23-17-18-24(19-9-5-3-6-10-19)26(28)25(23)21-11-7-4-8-12-21/h3-18H,1-2H3. The lowest BCUT2D eigenvalue weighted by atomic mass is 9.89. The summed E-state index contributed by atoms with van der Waals surface area (Å²) in [6, 6.07) is 32.1. The van der Waals surface area contributed by atoms with Crippen molar-refractivity contribution in [1.82, 2.24) is 0 Å². The first kappa shape index (κ1) is 17.9. The van der Waals surface area contributed by atoms with Crippen LogP contribution in [0.1, 0.15) is 0 Å². The van der Waals surface area contributed by atoms with Gasteiger partial charge < -0.3 is 4.90 Å². The molecule has 0 saturated carbocycles. The third-order valence-electron chi connectivity index (χ3n) is 5.00. The van der Waals surface area contributed by atoms with Crippen LogP contribution in [0.15, 0.2) is 97.1 Å². The van der Waals surface area contributed by atoms with Gasteiger partial charge in [0.1, 0.15) is 0 Å². The molecule has 0 heterocycles. The van der Waals surface area contributed by atoms with E-state index in [2.05, 4.69) is 35.2 Å². The van der Waals surface area contributed by atoms with Crippen molar-refractivity contribution in [3.8, 4) is 39.1 Å². The Labute approximate surface area is 166 Å². The monoisotopic (exact) mass is 364 g/mol. The van der Waals surface area contributed by atoms with E-state index < -0.39 is 0 Å². The molecule has 2 nitrogen and oxygen atoms in total. The highest BCUT2D eigenvalue weighted by Crippen LogP contribution is 2.44. The van der Waals surface area contributed by atoms with Crippen molar-refractivity contribution in [1.29, 1.82) is 0 Å². The zero-order valence-corrected chi connectivity index (χ0v) is 16.1. The molecule has 0 saturated heterocycles. The second-order valence-corrected chi connectivity index (χ2v) is 7.04. The Hall–Kier alpha value is -3.52. The molecule has 0 aliphatic heterocycles. The van der Waals surface area contributed by atoms with Crippen molar-refractivity contribution in [2.45, 2.75) is 0 Å². The first-order chi connectivity index (χ1) is 13.6. The summed E-state index contributed by atoms with van der Waals surface area (Å²) in [5.41, 5.74) is 6.50. The van der Waals surface area contributed by atoms with Crippen LogP contribution in [-0.4, -0.2) is 14.1 Å². The van der Waals surface area contributed by atoms with Crippen LogP contribution < -0.4 is 4.90 Å². The van der Waals surface area contributed by atoms with Gasteiger partial charge in [0.15, 0.2) is 5.75 Å². The summed E-state index contributed by atoms with van der Waals surface area (Å²) >= 11 is 0. The summed E-state index contributed by atoms with van der Waals surface area (Å²) in [7, 11) is 4.05. The molecule has 0 bridgehead atoms. The second-order valence-electron chi connectivity index (χ2n) is 7.04. The average Bonchev–Trinajstić information content (AvgIpc) is 2.75. The van der Waals surface area contributed by atoms with Crippen LogP contribution in [0.2, 0.25) is 0 Å². The second kappa shape index (κ2) is 7.61. The van der Waals surface area contributed by atoms with Crippen molar-refractivity contribution < 1.29 is 5.11 Å². The number of hydrogen-bond donors (Lipinski definition) is 0. The maximum atomic E-state index is 13.5. The summed E-state index contributed by atoms with van der Waals surface area (Å²) in [5, 5.41) is 13.5. The molecule has 0 N–H and O–H groups in total. The minimum absolute atomic E-state index is 0.0617. The average molecular weight is 364 g/mol. The smallest absolute Gasteiger partial charge is 0.194 e. The minimum atomic E-state index is 0.0617. The molecule has 0 amide bonds. The molecule has 0 atom stereocenters. The van der Waals surface area contributed by atoms with Crippen LogP contribution in [-0.2, 0) is 5.11 Å². The third kappa shape index (κ3) is 3.37. The maximum absolute atomic E-state index is 13.5. The number of benzene rings is 4. The molecule has 0 aliphatic carbocycles. The fourth-order valence-electron chi connectivity index (χ4n) is 3.50. The van der Waals surface area contributed by atoms with E-state index in [0.29, 0.717) is 0 Å². The van der Waals surface area contributed by atoms with Gasteiger partial charge in [0.25, 0.3) is 0 Å². The van der Waals surface area contributed by atoms with Crippen LogP contribution in [0.5, 0.6) is 5.75 Å². The molecule has 0 fully saturated rings. The predicted octanol–water partition coefficient (Wildman–Crippen LogP) is 6.90. The lowest BCUT2D eigenvalue weighted by Crippen LogP contribution is -2.07. The van der Waals surface area contributed by atoms with Crippen molar-refractivity contribution >= 4 is 5.69 Å². The molecule has 1 radical (unpaired) electrons.